The molecule has 4 heteroatoms. The smallest absolute Gasteiger partial charge is 0.126 e. The molecular weight excluding hydrogens is 212 g/mol. The molecule has 17 heavy (non-hydrogen) atoms. The molecule has 0 aliphatic carbocycles. The van der Waals surface area contributed by atoms with E-state index in [0.717, 1.165) is 23.7 Å². The minimum Gasteiger partial charge on any atom is -0.384 e. The van der Waals surface area contributed by atoms with Crippen LogP contribution in [0.4, 0.5) is 11.5 Å². The zero-order chi connectivity index (χ0) is 11.9. The lowest BCUT2D eigenvalue weighted by Crippen LogP contribution is -2.03. The molecule has 88 valence electrons. The van der Waals surface area contributed by atoms with E-state index in [4.69, 9.17) is 0 Å². The van der Waals surface area contributed by atoms with Gasteiger partial charge in [-0.25, -0.2) is 4.98 Å². The maximum Gasteiger partial charge on any atom is 0.126 e. The van der Waals surface area contributed by atoms with Crippen LogP contribution in [-0.4, -0.2) is 16.5 Å². The minimum absolute atomic E-state index is 0.689. The molecule has 2 N–H and O–H groups in total. The van der Waals surface area contributed by atoms with Crippen molar-refractivity contribution in [3.05, 3.63) is 48.4 Å². The molecule has 4 nitrogen and oxygen atoms in total. The molecule has 0 aliphatic rings. The second kappa shape index (κ2) is 5.84. The van der Waals surface area contributed by atoms with Gasteiger partial charge in [-0.2, -0.15) is 0 Å². The Morgan fingerprint density at radius 1 is 1.06 bits per heavy atom. The summed E-state index contributed by atoms with van der Waals surface area (Å²) >= 11 is 0. The Kier molecular flexibility index (Phi) is 3.91. The van der Waals surface area contributed by atoms with E-state index in [-0.39, 0.29) is 0 Å². The SMILES string of the molecule is CCNc1ccc(NCc2ccccn2)nc1. The molecule has 0 unspecified atom stereocenters. The summed E-state index contributed by atoms with van der Waals surface area (Å²) in [7, 11) is 0. The maximum atomic E-state index is 4.31. The van der Waals surface area contributed by atoms with E-state index >= 15 is 0 Å². The van der Waals surface area contributed by atoms with E-state index in [1.165, 1.54) is 0 Å². The highest BCUT2D eigenvalue weighted by atomic mass is 15.0. The zero-order valence-corrected chi connectivity index (χ0v) is 9.85. The van der Waals surface area contributed by atoms with Crippen LogP contribution >= 0.6 is 0 Å². The molecule has 0 amide bonds. The lowest BCUT2D eigenvalue weighted by Gasteiger charge is -2.06. The van der Waals surface area contributed by atoms with Gasteiger partial charge in [0.2, 0.25) is 0 Å². The molecule has 0 atom stereocenters. The molecule has 2 aromatic heterocycles. The summed E-state index contributed by atoms with van der Waals surface area (Å²) < 4.78 is 0. The molecule has 0 aliphatic heterocycles. The van der Waals surface area contributed by atoms with Crippen LogP contribution in [0.5, 0.6) is 0 Å². The second-order valence-corrected chi connectivity index (χ2v) is 3.64. The Labute approximate surface area is 101 Å². The van der Waals surface area contributed by atoms with Crippen LogP contribution in [0.25, 0.3) is 0 Å². The fraction of sp³-hybridized carbons (Fsp3) is 0.231. The summed E-state index contributed by atoms with van der Waals surface area (Å²) in [5.74, 6) is 0.859. The normalized spacial score (nSPS) is 9.94. The third-order valence-corrected chi connectivity index (χ3v) is 2.32. The van der Waals surface area contributed by atoms with Crippen molar-refractivity contribution in [2.24, 2.45) is 0 Å². The molecule has 2 aromatic rings. The van der Waals surface area contributed by atoms with Gasteiger partial charge >= 0.3 is 0 Å². The van der Waals surface area contributed by atoms with Gasteiger partial charge in [0, 0.05) is 12.7 Å². The van der Waals surface area contributed by atoms with Gasteiger partial charge in [0.05, 0.1) is 24.1 Å². The number of nitrogens with zero attached hydrogens (tertiary/aromatic N) is 2. The number of aromatic nitrogens is 2. The van der Waals surface area contributed by atoms with E-state index in [2.05, 4.69) is 27.5 Å². The summed E-state index contributed by atoms with van der Waals surface area (Å²) in [6.45, 7) is 3.66. The minimum atomic E-state index is 0.689. The summed E-state index contributed by atoms with van der Waals surface area (Å²) in [5, 5.41) is 6.43. The Morgan fingerprint density at radius 2 is 2.00 bits per heavy atom. The third kappa shape index (κ3) is 3.45. The molecule has 2 heterocycles. The fourth-order valence-electron chi connectivity index (χ4n) is 1.49. The lowest BCUT2D eigenvalue weighted by molar-refractivity contribution is 1.03. The van der Waals surface area contributed by atoms with Crippen LogP contribution in [0, 0.1) is 0 Å². The van der Waals surface area contributed by atoms with Crippen LogP contribution < -0.4 is 10.6 Å². The number of rotatable bonds is 5. The molecule has 0 saturated heterocycles. The highest BCUT2D eigenvalue weighted by molar-refractivity contribution is 5.47. The molecule has 0 saturated carbocycles. The molecule has 0 aromatic carbocycles. The second-order valence-electron chi connectivity index (χ2n) is 3.64. The first-order chi connectivity index (χ1) is 8.38. The number of pyridine rings is 2. The van der Waals surface area contributed by atoms with Crippen LogP contribution in [0.2, 0.25) is 0 Å². The van der Waals surface area contributed by atoms with Crippen molar-refractivity contribution in [3.8, 4) is 0 Å². The molecule has 0 fully saturated rings. The van der Waals surface area contributed by atoms with Gasteiger partial charge in [-0.3, -0.25) is 4.98 Å². The van der Waals surface area contributed by atoms with Crippen molar-refractivity contribution < 1.29 is 0 Å². The average molecular weight is 228 g/mol. The Balaban J connectivity index is 1.91. The third-order valence-electron chi connectivity index (χ3n) is 2.32. The Bertz CT molecular complexity index is 439. The van der Waals surface area contributed by atoms with Gasteiger partial charge in [-0.05, 0) is 31.2 Å². The Hall–Kier alpha value is -2.10. The predicted molar refractivity (Wildman–Crippen MR) is 70.0 cm³/mol. The molecule has 0 spiro atoms. The molecule has 2 rings (SSSR count). The van der Waals surface area contributed by atoms with Crippen molar-refractivity contribution >= 4 is 11.5 Å². The van der Waals surface area contributed by atoms with Crippen LogP contribution in [-0.2, 0) is 6.54 Å². The number of hydrogen-bond acceptors (Lipinski definition) is 4. The van der Waals surface area contributed by atoms with Crippen molar-refractivity contribution in [1.29, 1.82) is 0 Å². The summed E-state index contributed by atoms with van der Waals surface area (Å²) in [5.41, 5.74) is 2.04. The standard InChI is InChI=1S/C13H16N4/c1-2-14-12-6-7-13(17-10-12)16-9-11-5-3-4-8-15-11/h3-8,10,14H,2,9H2,1H3,(H,16,17). The van der Waals surface area contributed by atoms with Crippen LogP contribution in [0.15, 0.2) is 42.7 Å². The van der Waals surface area contributed by atoms with Crippen molar-refractivity contribution in [2.45, 2.75) is 13.5 Å². The van der Waals surface area contributed by atoms with Crippen molar-refractivity contribution in [2.75, 3.05) is 17.2 Å². The van der Waals surface area contributed by atoms with E-state index in [0.29, 0.717) is 6.54 Å². The largest absolute Gasteiger partial charge is 0.384 e. The first-order valence-electron chi connectivity index (χ1n) is 5.72. The van der Waals surface area contributed by atoms with E-state index < -0.39 is 0 Å². The highest BCUT2D eigenvalue weighted by Gasteiger charge is 1.96. The van der Waals surface area contributed by atoms with Gasteiger partial charge in [-0.15, -0.1) is 0 Å². The first-order valence-corrected chi connectivity index (χ1v) is 5.72. The van der Waals surface area contributed by atoms with E-state index in [9.17, 15) is 0 Å². The maximum absolute atomic E-state index is 4.31. The van der Waals surface area contributed by atoms with Crippen LogP contribution in [0.1, 0.15) is 12.6 Å². The number of anilines is 2. The summed E-state index contributed by atoms with van der Waals surface area (Å²) in [6.07, 6.45) is 3.61. The van der Waals surface area contributed by atoms with E-state index in [1.54, 1.807) is 6.20 Å². The van der Waals surface area contributed by atoms with Gasteiger partial charge in [0.15, 0.2) is 0 Å². The van der Waals surface area contributed by atoms with Gasteiger partial charge in [-0.1, -0.05) is 6.07 Å². The van der Waals surface area contributed by atoms with Crippen LogP contribution in [0.3, 0.4) is 0 Å². The molecular formula is C13H16N4. The first kappa shape index (κ1) is 11.4. The quantitative estimate of drug-likeness (QED) is 0.825. The summed E-state index contributed by atoms with van der Waals surface area (Å²) in [4.78, 5) is 8.55. The van der Waals surface area contributed by atoms with Gasteiger partial charge in [0.25, 0.3) is 0 Å². The molecule has 0 radical (unpaired) electrons. The topological polar surface area (TPSA) is 49.8 Å². The van der Waals surface area contributed by atoms with Gasteiger partial charge < -0.3 is 10.6 Å². The monoisotopic (exact) mass is 228 g/mol. The van der Waals surface area contributed by atoms with Crippen molar-refractivity contribution in [3.63, 3.8) is 0 Å². The molecule has 0 bridgehead atoms. The fourth-order valence-corrected chi connectivity index (χ4v) is 1.49. The lowest BCUT2D eigenvalue weighted by atomic mass is 10.3. The number of nitrogens with one attached hydrogen (secondary N) is 2. The Morgan fingerprint density at radius 3 is 2.65 bits per heavy atom. The summed E-state index contributed by atoms with van der Waals surface area (Å²) in [6, 6.07) is 9.84. The van der Waals surface area contributed by atoms with Crippen molar-refractivity contribution in [1.82, 2.24) is 9.97 Å². The van der Waals surface area contributed by atoms with Gasteiger partial charge in [0.1, 0.15) is 5.82 Å². The highest BCUT2D eigenvalue weighted by Crippen LogP contribution is 2.09. The predicted octanol–water partition coefficient (Wildman–Crippen LogP) is 2.52. The average Bonchev–Trinajstić information content (AvgIpc) is 2.40. The van der Waals surface area contributed by atoms with E-state index in [1.807, 2.05) is 36.5 Å². The zero-order valence-electron chi connectivity index (χ0n) is 9.85. The number of hydrogen-bond donors (Lipinski definition) is 2.